The summed E-state index contributed by atoms with van der Waals surface area (Å²) >= 11 is 0. The van der Waals surface area contributed by atoms with Crippen molar-refractivity contribution in [3.05, 3.63) is 70.4 Å². The number of nitrogens with zero attached hydrogens (tertiary/aromatic N) is 2. The van der Waals surface area contributed by atoms with Gasteiger partial charge in [0.1, 0.15) is 7.05 Å². The summed E-state index contributed by atoms with van der Waals surface area (Å²) in [5, 5.41) is 5.25. The van der Waals surface area contributed by atoms with Gasteiger partial charge in [-0.3, -0.25) is 0 Å². The lowest BCUT2D eigenvalue weighted by molar-refractivity contribution is -0.643. The minimum atomic E-state index is -4.30. The van der Waals surface area contributed by atoms with Gasteiger partial charge in [0.25, 0.3) is 0 Å². The highest BCUT2D eigenvalue weighted by Gasteiger charge is 2.47. The Hall–Kier alpha value is -3.34. The summed E-state index contributed by atoms with van der Waals surface area (Å²) in [6.45, 7) is 11.2. The predicted molar refractivity (Wildman–Crippen MR) is 142 cm³/mol. The van der Waals surface area contributed by atoms with E-state index in [2.05, 4.69) is 61.9 Å². The second-order valence-corrected chi connectivity index (χ2v) is 11.2. The molecule has 2 nitrogen and oxygen atoms in total. The largest absolute Gasteiger partial charge is 0.394 e. The molecule has 0 saturated carbocycles. The van der Waals surface area contributed by atoms with Gasteiger partial charge in [0.15, 0.2) is 6.20 Å². The Morgan fingerprint density at radius 3 is 2.22 bits per heavy atom. The predicted octanol–water partition coefficient (Wildman–Crippen LogP) is 8.18. The van der Waals surface area contributed by atoms with Crippen molar-refractivity contribution in [2.24, 2.45) is 12.5 Å². The number of alkyl halides is 3. The maximum atomic E-state index is 14.1. The third-order valence-corrected chi connectivity index (χ3v) is 8.30. The summed E-state index contributed by atoms with van der Waals surface area (Å²) in [6.07, 6.45) is -2.34. The second kappa shape index (κ2) is 7.12. The van der Waals surface area contributed by atoms with Crippen LogP contribution < -0.4 is 4.57 Å². The fraction of sp³-hybridized carbons (Fsp3) is 0.323. The van der Waals surface area contributed by atoms with E-state index in [0.29, 0.717) is 0 Å². The molecule has 184 valence electrons. The quantitative estimate of drug-likeness (QED) is 0.132. The number of halogens is 3. The summed E-state index contributed by atoms with van der Waals surface area (Å²) in [7, 11) is 2.06. The Bertz CT molecular complexity index is 1870. The van der Waals surface area contributed by atoms with Gasteiger partial charge in [-0.1, -0.05) is 38.1 Å². The van der Waals surface area contributed by atoms with E-state index in [1.54, 1.807) is 0 Å². The zero-order chi connectivity index (χ0) is 25.9. The highest BCUT2D eigenvalue weighted by atomic mass is 19.4. The maximum absolute atomic E-state index is 14.1. The Morgan fingerprint density at radius 1 is 0.806 bits per heavy atom. The summed E-state index contributed by atoms with van der Waals surface area (Å²) < 4.78 is 46.7. The summed E-state index contributed by atoms with van der Waals surface area (Å²) in [4.78, 5) is 0. The van der Waals surface area contributed by atoms with Crippen molar-refractivity contribution in [1.82, 2.24) is 4.40 Å². The lowest BCUT2D eigenvalue weighted by Crippen LogP contribution is -2.34. The van der Waals surface area contributed by atoms with Crippen LogP contribution in [0.3, 0.4) is 0 Å². The number of aromatic nitrogens is 2. The molecule has 36 heavy (non-hydrogen) atoms. The number of benzene rings is 3. The molecule has 0 bridgehead atoms. The average Bonchev–Trinajstić information content (AvgIpc) is 3.14. The molecule has 0 atom stereocenters. The minimum Gasteiger partial charge on any atom is -0.307 e. The molecule has 0 aliphatic heterocycles. The van der Waals surface area contributed by atoms with Crippen molar-refractivity contribution in [3.63, 3.8) is 0 Å². The number of rotatable bonds is 2. The van der Waals surface area contributed by atoms with E-state index in [0.717, 1.165) is 54.7 Å². The molecule has 0 aliphatic rings. The van der Waals surface area contributed by atoms with Crippen LogP contribution in [0.25, 0.3) is 49.0 Å². The summed E-state index contributed by atoms with van der Waals surface area (Å²) in [6, 6.07) is 12.5. The standard InChI is InChI=1S/C31H30F3N2/c1-16-9-8-10-22-24-21(15-30(5,6)31(32,33)34)14-20-11-12-35(7)28-23-19(4)17(2)13-18(3)27(23)36(26(16)22)29(24)25(20)28/h8-14H,15H2,1-7H3/q+1. The topological polar surface area (TPSA) is 8.29 Å². The SMILES string of the molecule is Cc1cc(C)c2c(c1C)c1c3c(cc[n+]1C)cc(CC(C)(C)C(F)(F)F)c1c4cccc(C)c4n2c13. The Balaban J connectivity index is 1.98. The first-order chi connectivity index (χ1) is 16.8. The van der Waals surface area contributed by atoms with Crippen LogP contribution in [0.4, 0.5) is 13.2 Å². The smallest absolute Gasteiger partial charge is 0.307 e. The van der Waals surface area contributed by atoms with Gasteiger partial charge in [-0.15, -0.1) is 0 Å². The Kier molecular flexibility index (Phi) is 4.56. The molecule has 0 spiro atoms. The highest BCUT2D eigenvalue weighted by Crippen LogP contribution is 2.47. The van der Waals surface area contributed by atoms with Crippen molar-refractivity contribution in [2.75, 3.05) is 0 Å². The van der Waals surface area contributed by atoms with Crippen LogP contribution in [0, 0.1) is 33.1 Å². The van der Waals surface area contributed by atoms with E-state index in [1.165, 1.54) is 35.9 Å². The number of hydrogen-bond acceptors (Lipinski definition) is 0. The van der Waals surface area contributed by atoms with Crippen LogP contribution in [0.2, 0.25) is 0 Å². The van der Waals surface area contributed by atoms with Crippen molar-refractivity contribution >= 4 is 49.0 Å². The molecular weight excluding hydrogens is 457 g/mol. The number of hydrogen-bond donors (Lipinski definition) is 0. The van der Waals surface area contributed by atoms with Gasteiger partial charge in [0, 0.05) is 16.8 Å². The number of fused-ring (bicyclic) bond motifs is 6. The molecule has 0 saturated heterocycles. The maximum Gasteiger partial charge on any atom is 0.394 e. The van der Waals surface area contributed by atoms with Crippen LogP contribution in [0.15, 0.2) is 42.6 Å². The zero-order valence-electron chi connectivity index (χ0n) is 21.8. The van der Waals surface area contributed by atoms with Crippen LogP contribution in [0.1, 0.15) is 41.7 Å². The van der Waals surface area contributed by atoms with E-state index in [9.17, 15) is 13.2 Å². The van der Waals surface area contributed by atoms with Gasteiger partial charge in [-0.25, -0.2) is 4.57 Å². The Labute approximate surface area is 208 Å². The molecule has 6 aromatic rings. The molecule has 3 aromatic carbocycles. The molecule has 0 radical (unpaired) electrons. The summed E-state index contributed by atoms with van der Waals surface area (Å²) in [5.74, 6) is 0. The molecule has 5 heteroatoms. The van der Waals surface area contributed by atoms with E-state index in [4.69, 9.17) is 0 Å². The zero-order valence-corrected chi connectivity index (χ0v) is 21.8. The molecule has 3 heterocycles. The molecule has 0 unspecified atom stereocenters. The van der Waals surface area contributed by atoms with Crippen LogP contribution in [0.5, 0.6) is 0 Å². The number of pyridine rings is 2. The third-order valence-electron chi connectivity index (χ3n) is 8.30. The van der Waals surface area contributed by atoms with E-state index >= 15 is 0 Å². The molecule has 0 amide bonds. The monoisotopic (exact) mass is 487 g/mol. The fourth-order valence-electron chi connectivity index (χ4n) is 6.25. The van der Waals surface area contributed by atoms with Crippen molar-refractivity contribution < 1.29 is 17.7 Å². The van der Waals surface area contributed by atoms with Gasteiger partial charge in [0.2, 0.25) is 5.52 Å². The van der Waals surface area contributed by atoms with Crippen LogP contribution in [-0.2, 0) is 13.5 Å². The molecule has 3 aromatic heterocycles. The van der Waals surface area contributed by atoms with Gasteiger partial charge >= 0.3 is 6.18 Å². The van der Waals surface area contributed by atoms with Crippen molar-refractivity contribution in [2.45, 2.75) is 54.1 Å². The lowest BCUT2D eigenvalue weighted by Gasteiger charge is -2.28. The van der Waals surface area contributed by atoms with Gasteiger partial charge in [-0.2, -0.15) is 13.2 Å². The number of para-hydroxylation sites is 1. The molecular formula is C31H30F3N2+. The molecule has 0 fully saturated rings. The lowest BCUT2D eigenvalue weighted by atomic mass is 9.82. The first kappa shape index (κ1) is 23.1. The molecule has 6 rings (SSSR count). The fourth-order valence-corrected chi connectivity index (χ4v) is 6.25. The van der Waals surface area contributed by atoms with Crippen LogP contribution in [-0.4, -0.2) is 10.6 Å². The third kappa shape index (κ3) is 2.83. The van der Waals surface area contributed by atoms with Crippen LogP contribution >= 0.6 is 0 Å². The average molecular weight is 488 g/mol. The van der Waals surface area contributed by atoms with E-state index < -0.39 is 11.6 Å². The number of aryl methyl sites for hydroxylation is 5. The molecule has 0 N–H and O–H groups in total. The van der Waals surface area contributed by atoms with Crippen molar-refractivity contribution in [1.29, 1.82) is 0 Å². The van der Waals surface area contributed by atoms with Gasteiger partial charge in [0.05, 0.1) is 32.7 Å². The van der Waals surface area contributed by atoms with Gasteiger partial charge < -0.3 is 4.40 Å². The van der Waals surface area contributed by atoms with E-state index in [1.807, 2.05) is 24.4 Å². The van der Waals surface area contributed by atoms with Crippen molar-refractivity contribution in [3.8, 4) is 0 Å². The molecule has 0 aliphatic carbocycles. The normalized spacial score (nSPS) is 13.4. The van der Waals surface area contributed by atoms with E-state index in [-0.39, 0.29) is 6.42 Å². The Morgan fingerprint density at radius 2 is 1.53 bits per heavy atom. The van der Waals surface area contributed by atoms with Gasteiger partial charge in [-0.05, 0) is 73.4 Å². The first-order valence-electron chi connectivity index (χ1n) is 12.4. The minimum absolute atomic E-state index is 0.0783. The second-order valence-electron chi connectivity index (χ2n) is 11.2. The first-order valence-corrected chi connectivity index (χ1v) is 12.4. The highest BCUT2D eigenvalue weighted by molar-refractivity contribution is 6.28. The summed E-state index contributed by atoms with van der Waals surface area (Å²) in [5.41, 5.74) is 8.02.